The number of nitro benzene ring substituents is 1. The summed E-state index contributed by atoms with van der Waals surface area (Å²) in [5, 5.41) is 20.7. The summed E-state index contributed by atoms with van der Waals surface area (Å²) in [6, 6.07) is 6.14. The van der Waals surface area contributed by atoms with Crippen LogP contribution in [0.3, 0.4) is 0 Å². The van der Waals surface area contributed by atoms with Crippen molar-refractivity contribution in [2.75, 3.05) is 32.8 Å². The van der Waals surface area contributed by atoms with E-state index in [9.17, 15) is 15.2 Å². The third-order valence-corrected chi connectivity index (χ3v) is 3.00. The Morgan fingerprint density at radius 2 is 2.17 bits per heavy atom. The minimum atomic E-state index is -0.706. The molecule has 1 heterocycles. The van der Waals surface area contributed by atoms with Gasteiger partial charge in [0.1, 0.15) is 0 Å². The minimum absolute atomic E-state index is 0.00790. The summed E-state index contributed by atoms with van der Waals surface area (Å²) in [4.78, 5) is 12.3. The molecule has 1 fully saturated rings. The zero-order valence-electron chi connectivity index (χ0n) is 9.99. The van der Waals surface area contributed by atoms with Crippen molar-refractivity contribution >= 4 is 5.69 Å². The smallest absolute Gasteiger partial charge is 0.269 e. The summed E-state index contributed by atoms with van der Waals surface area (Å²) in [7, 11) is 0. The van der Waals surface area contributed by atoms with E-state index in [-0.39, 0.29) is 5.69 Å². The molecule has 0 amide bonds. The zero-order valence-corrected chi connectivity index (χ0v) is 9.99. The van der Waals surface area contributed by atoms with E-state index in [1.54, 1.807) is 12.1 Å². The number of ether oxygens (including phenoxy) is 1. The van der Waals surface area contributed by atoms with Crippen LogP contribution in [0.15, 0.2) is 24.3 Å². The summed E-state index contributed by atoms with van der Waals surface area (Å²) >= 11 is 0. The number of hydrogen-bond acceptors (Lipinski definition) is 5. The number of rotatable bonds is 4. The number of nitro groups is 1. The topological polar surface area (TPSA) is 75.8 Å². The molecule has 6 nitrogen and oxygen atoms in total. The van der Waals surface area contributed by atoms with Gasteiger partial charge >= 0.3 is 0 Å². The highest BCUT2D eigenvalue weighted by Gasteiger charge is 2.17. The van der Waals surface area contributed by atoms with Crippen molar-refractivity contribution in [3.05, 3.63) is 39.9 Å². The van der Waals surface area contributed by atoms with Gasteiger partial charge in [-0.1, -0.05) is 12.1 Å². The Morgan fingerprint density at radius 3 is 2.83 bits per heavy atom. The Hall–Kier alpha value is -1.50. The lowest BCUT2D eigenvalue weighted by atomic mass is 10.1. The highest BCUT2D eigenvalue weighted by Crippen LogP contribution is 2.20. The monoisotopic (exact) mass is 252 g/mol. The number of nitrogens with zero attached hydrogens (tertiary/aromatic N) is 2. The lowest BCUT2D eigenvalue weighted by Crippen LogP contribution is -2.38. The van der Waals surface area contributed by atoms with Crippen LogP contribution in [0.4, 0.5) is 5.69 Å². The number of benzene rings is 1. The second kappa shape index (κ2) is 5.90. The van der Waals surface area contributed by atoms with Crippen LogP contribution in [-0.4, -0.2) is 47.8 Å². The Bertz CT molecular complexity index is 418. The third kappa shape index (κ3) is 3.25. The second-order valence-electron chi connectivity index (χ2n) is 4.28. The van der Waals surface area contributed by atoms with Gasteiger partial charge in [0.15, 0.2) is 0 Å². The van der Waals surface area contributed by atoms with Gasteiger partial charge in [-0.15, -0.1) is 0 Å². The number of morpholine rings is 1. The number of aliphatic hydroxyl groups is 1. The van der Waals surface area contributed by atoms with Gasteiger partial charge < -0.3 is 9.84 Å². The average molecular weight is 252 g/mol. The van der Waals surface area contributed by atoms with E-state index in [4.69, 9.17) is 4.74 Å². The molecule has 1 atom stereocenters. The lowest BCUT2D eigenvalue weighted by molar-refractivity contribution is -0.385. The zero-order chi connectivity index (χ0) is 13.0. The Balaban J connectivity index is 2.01. The largest absolute Gasteiger partial charge is 0.387 e. The molecule has 0 spiro atoms. The van der Waals surface area contributed by atoms with Crippen molar-refractivity contribution in [2.24, 2.45) is 0 Å². The Labute approximate surface area is 105 Å². The van der Waals surface area contributed by atoms with Crippen molar-refractivity contribution in [1.29, 1.82) is 0 Å². The van der Waals surface area contributed by atoms with Crippen molar-refractivity contribution in [3.8, 4) is 0 Å². The van der Waals surface area contributed by atoms with Crippen LogP contribution in [0.25, 0.3) is 0 Å². The number of aliphatic hydroxyl groups excluding tert-OH is 1. The van der Waals surface area contributed by atoms with Crippen LogP contribution >= 0.6 is 0 Å². The molecule has 1 aliphatic heterocycles. The molecule has 1 aromatic rings. The Kier molecular flexibility index (Phi) is 4.24. The molecule has 0 aromatic heterocycles. The first-order valence-electron chi connectivity index (χ1n) is 5.89. The fraction of sp³-hybridized carbons (Fsp3) is 0.500. The Morgan fingerprint density at radius 1 is 1.44 bits per heavy atom. The standard InChI is InChI=1S/C12H16N2O4/c15-12(9-13-4-6-18-7-5-13)10-2-1-3-11(8-10)14(16)17/h1-3,8,12,15H,4-7,9H2. The molecule has 1 N–H and O–H groups in total. The van der Waals surface area contributed by atoms with Crippen LogP contribution in [0, 0.1) is 10.1 Å². The van der Waals surface area contributed by atoms with E-state index in [1.807, 2.05) is 0 Å². The van der Waals surface area contributed by atoms with Crippen LogP contribution in [0.1, 0.15) is 11.7 Å². The van der Waals surface area contributed by atoms with E-state index in [0.717, 1.165) is 13.1 Å². The van der Waals surface area contributed by atoms with Crippen LogP contribution < -0.4 is 0 Å². The maximum atomic E-state index is 10.7. The van der Waals surface area contributed by atoms with Crippen LogP contribution in [0.2, 0.25) is 0 Å². The van der Waals surface area contributed by atoms with Crippen molar-refractivity contribution < 1.29 is 14.8 Å². The van der Waals surface area contributed by atoms with Gasteiger partial charge in [0.2, 0.25) is 0 Å². The maximum absolute atomic E-state index is 10.7. The van der Waals surface area contributed by atoms with E-state index in [2.05, 4.69) is 4.90 Å². The first-order chi connectivity index (χ1) is 8.66. The molecule has 1 unspecified atom stereocenters. The molecule has 2 rings (SSSR count). The van der Waals surface area contributed by atoms with E-state index in [1.165, 1.54) is 12.1 Å². The molecular formula is C12H16N2O4. The summed E-state index contributed by atoms with van der Waals surface area (Å²) in [5.74, 6) is 0. The molecular weight excluding hydrogens is 236 g/mol. The first-order valence-corrected chi connectivity index (χ1v) is 5.89. The van der Waals surface area contributed by atoms with Crippen molar-refractivity contribution in [1.82, 2.24) is 4.90 Å². The molecule has 0 aliphatic carbocycles. The number of hydrogen-bond donors (Lipinski definition) is 1. The third-order valence-electron chi connectivity index (χ3n) is 3.00. The van der Waals surface area contributed by atoms with Gasteiger partial charge in [-0.2, -0.15) is 0 Å². The van der Waals surface area contributed by atoms with E-state index >= 15 is 0 Å². The lowest BCUT2D eigenvalue weighted by Gasteiger charge is -2.28. The summed E-state index contributed by atoms with van der Waals surface area (Å²) in [5.41, 5.74) is 0.587. The van der Waals surface area contributed by atoms with Gasteiger partial charge in [-0.05, 0) is 5.56 Å². The van der Waals surface area contributed by atoms with E-state index in [0.29, 0.717) is 25.3 Å². The maximum Gasteiger partial charge on any atom is 0.269 e. The first kappa shape index (κ1) is 12.9. The number of non-ortho nitro benzene ring substituents is 1. The van der Waals surface area contributed by atoms with E-state index < -0.39 is 11.0 Å². The van der Waals surface area contributed by atoms with Gasteiger partial charge in [0.05, 0.1) is 24.2 Å². The van der Waals surface area contributed by atoms with Gasteiger partial charge in [0, 0.05) is 31.8 Å². The predicted octanol–water partition coefficient (Wildman–Crippen LogP) is 0.960. The molecule has 1 saturated heterocycles. The SMILES string of the molecule is O=[N+]([O-])c1cccc(C(O)CN2CCOCC2)c1. The molecule has 0 saturated carbocycles. The molecule has 1 aliphatic rings. The van der Waals surface area contributed by atoms with Gasteiger partial charge in [-0.3, -0.25) is 15.0 Å². The fourth-order valence-electron chi connectivity index (χ4n) is 1.98. The molecule has 18 heavy (non-hydrogen) atoms. The average Bonchev–Trinajstić information content (AvgIpc) is 2.40. The predicted molar refractivity (Wildman–Crippen MR) is 65.3 cm³/mol. The van der Waals surface area contributed by atoms with Gasteiger partial charge in [0.25, 0.3) is 5.69 Å². The summed E-state index contributed by atoms with van der Waals surface area (Å²) < 4.78 is 5.22. The van der Waals surface area contributed by atoms with Crippen LogP contribution in [-0.2, 0) is 4.74 Å². The summed E-state index contributed by atoms with van der Waals surface area (Å²) in [6.45, 7) is 3.38. The van der Waals surface area contributed by atoms with Crippen LogP contribution in [0.5, 0.6) is 0 Å². The van der Waals surface area contributed by atoms with Crippen molar-refractivity contribution in [3.63, 3.8) is 0 Å². The highest BCUT2D eigenvalue weighted by molar-refractivity contribution is 5.35. The normalized spacial score (nSPS) is 18.5. The minimum Gasteiger partial charge on any atom is -0.387 e. The molecule has 0 radical (unpaired) electrons. The number of β-amino-alcohol motifs (C(OH)–C–C–N with tert-alkyl or cyclic N) is 1. The quantitative estimate of drug-likeness (QED) is 0.638. The highest BCUT2D eigenvalue weighted by atomic mass is 16.6. The second-order valence-corrected chi connectivity index (χ2v) is 4.28. The molecule has 6 heteroatoms. The molecule has 98 valence electrons. The van der Waals surface area contributed by atoms with Gasteiger partial charge in [-0.25, -0.2) is 0 Å². The fourth-order valence-corrected chi connectivity index (χ4v) is 1.98. The summed E-state index contributed by atoms with van der Waals surface area (Å²) in [6.07, 6.45) is -0.706. The molecule has 1 aromatic carbocycles. The van der Waals surface area contributed by atoms with Crippen molar-refractivity contribution in [2.45, 2.75) is 6.10 Å². The molecule has 0 bridgehead atoms.